The van der Waals surface area contributed by atoms with Crippen LogP contribution in [0.4, 0.5) is 0 Å². The number of hydrogen-bond acceptors (Lipinski definition) is 3. The molecule has 0 heterocycles. The molecule has 15 heavy (non-hydrogen) atoms. The molecule has 0 bridgehead atoms. The fourth-order valence-corrected chi connectivity index (χ4v) is 0.711. The van der Waals surface area contributed by atoms with E-state index in [1.165, 1.54) is 19.1 Å². The van der Waals surface area contributed by atoms with Gasteiger partial charge in [-0.05, 0) is 19.4 Å². The molecule has 0 rings (SSSR count). The standard InChI is InChI=1S/C11H14O4/c1-4-9(10(12)13)6-5-7-15-11(14)8(2)3/h4-5,7,9H,1-2,6H2,3H3,(H,12,13). The van der Waals surface area contributed by atoms with E-state index >= 15 is 0 Å². The Morgan fingerprint density at radius 3 is 2.53 bits per heavy atom. The Bertz CT molecular complexity index is 302. The average molecular weight is 210 g/mol. The molecule has 0 aromatic carbocycles. The number of carboxylic acid groups (broad SMARTS) is 1. The Morgan fingerprint density at radius 2 is 2.13 bits per heavy atom. The van der Waals surface area contributed by atoms with Crippen LogP contribution in [0.1, 0.15) is 13.3 Å². The van der Waals surface area contributed by atoms with Crippen LogP contribution < -0.4 is 0 Å². The molecule has 0 saturated carbocycles. The van der Waals surface area contributed by atoms with Gasteiger partial charge in [0.1, 0.15) is 0 Å². The van der Waals surface area contributed by atoms with E-state index in [1.807, 2.05) is 0 Å². The second kappa shape index (κ2) is 6.59. The van der Waals surface area contributed by atoms with Gasteiger partial charge in [0, 0.05) is 5.57 Å². The summed E-state index contributed by atoms with van der Waals surface area (Å²) >= 11 is 0. The van der Waals surface area contributed by atoms with Gasteiger partial charge in [-0.25, -0.2) is 4.79 Å². The molecule has 4 heteroatoms. The van der Waals surface area contributed by atoms with Crippen molar-refractivity contribution in [1.29, 1.82) is 0 Å². The van der Waals surface area contributed by atoms with Gasteiger partial charge in [-0.15, -0.1) is 6.58 Å². The molecule has 0 aromatic heterocycles. The first kappa shape index (κ1) is 13.2. The number of esters is 1. The number of rotatable bonds is 6. The Labute approximate surface area is 88.6 Å². The highest BCUT2D eigenvalue weighted by molar-refractivity contribution is 5.87. The molecule has 0 spiro atoms. The summed E-state index contributed by atoms with van der Waals surface area (Å²) in [5.41, 5.74) is 0.290. The van der Waals surface area contributed by atoms with Crippen LogP contribution >= 0.6 is 0 Å². The van der Waals surface area contributed by atoms with Gasteiger partial charge in [0.05, 0.1) is 12.2 Å². The first-order valence-corrected chi connectivity index (χ1v) is 4.36. The molecule has 0 aliphatic rings. The van der Waals surface area contributed by atoms with Crippen LogP contribution in [0.3, 0.4) is 0 Å². The number of ether oxygens (including phenoxy) is 1. The summed E-state index contributed by atoms with van der Waals surface area (Å²) in [5.74, 6) is -2.15. The van der Waals surface area contributed by atoms with Crippen LogP contribution in [0, 0.1) is 5.92 Å². The summed E-state index contributed by atoms with van der Waals surface area (Å²) in [6, 6.07) is 0. The third-order valence-electron chi connectivity index (χ3n) is 1.61. The highest BCUT2D eigenvalue weighted by Crippen LogP contribution is 2.05. The topological polar surface area (TPSA) is 63.6 Å². The predicted octanol–water partition coefficient (Wildman–Crippen LogP) is 1.90. The van der Waals surface area contributed by atoms with Crippen molar-refractivity contribution < 1.29 is 19.4 Å². The average Bonchev–Trinajstić information content (AvgIpc) is 2.16. The Balaban J connectivity index is 3.99. The molecule has 82 valence electrons. The lowest BCUT2D eigenvalue weighted by atomic mass is 10.1. The van der Waals surface area contributed by atoms with Crippen LogP contribution in [-0.2, 0) is 14.3 Å². The highest BCUT2D eigenvalue weighted by atomic mass is 16.5. The van der Waals surface area contributed by atoms with Crippen molar-refractivity contribution in [3.63, 3.8) is 0 Å². The minimum Gasteiger partial charge on any atom is -0.481 e. The largest absolute Gasteiger partial charge is 0.481 e. The Hall–Kier alpha value is -1.84. The van der Waals surface area contributed by atoms with Crippen molar-refractivity contribution in [2.24, 2.45) is 5.92 Å². The number of allylic oxidation sites excluding steroid dienone is 1. The van der Waals surface area contributed by atoms with Gasteiger partial charge >= 0.3 is 11.9 Å². The van der Waals surface area contributed by atoms with Gasteiger partial charge in [-0.1, -0.05) is 12.7 Å². The molecule has 0 saturated heterocycles. The zero-order valence-corrected chi connectivity index (χ0v) is 8.60. The maximum Gasteiger partial charge on any atom is 0.337 e. The van der Waals surface area contributed by atoms with E-state index in [-0.39, 0.29) is 12.0 Å². The predicted molar refractivity (Wildman–Crippen MR) is 56.0 cm³/mol. The maximum atomic E-state index is 10.9. The van der Waals surface area contributed by atoms with Crippen molar-refractivity contribution in [1.82, 2.24) is 0 Å². The molecule has 1 atom stereocenters. The summed E-state index contributed by atoms with van der Waals surface area (Å²) in [6.45, 7) is 8.31. The van der Waals surface area contributed by atoms with E-state index in [1.54, 1.807) is 0 Å². The summed E-state index contributed by atoms with van der Waals surface area (Å²) < 4.78 is 4.63. The van der Waals surface area contributed by atoms with E-state index in [0.717, 1.165) is 6.26 Å². The van der Waals surface area contributed by atoms with Crippen LogP contribution in [0.5, 0.6) is 0 Å². The summed E-state index contributed by atoms with van der Waals surface area (Å²) in [6.07, 6.45) is 4.19. The smallest absolute Gasteiger partial charge is 0.337 e. The van der Waals surface area contributed by atoms with Crippen LogP contribution in [0.15, 0.2) is 37.1 Å². The van der Waals surface area contributed by atoms with Gasteiger partial charge in [0.25, 0.3) is 0 Å². The molecular formula is C11H14O4. The molecule has 0 amide bonds. The summed E-state index contributed by atoms with van der Waals surface area (Å²) in [5, 5.41) is 8.64. The van der Waals surface area contributed by atoms with Crippen LogP contribution in [0.2, 0.25) is 0 Å². The monoisotopic (exact) mass is 210 g/mol. The zero-order valence-electron chi connectivity index (χ0n) is 8.60. The zero-order chi connectivity index (χ0) is 11.8. The molecular weight excluding hydrogens is 196 g/mol. The molecule has 0 aromatic rings. The molecule has 0 radical (unpaired) electrons. The first-order valence-electron chi connectivity index (χ1n) is 4.36. The second-order valence-corrected chi connectivity index (χ2v) is 2.97. The highest BCUT2D eigenvalue weighted by Gasteiger charge is 2.10. The van der Waals surface area contributed by atoms with Crippen LogP contribution in [-0.4, -0.2) is 17.0 Å². The number of carboxylic acids is 1. The van der Waals surface area contributed by atoms with Crippen LogP contribution in [0.25, 0.3) is 0 Å². The Kier molecular flexibility index (Phi) is 5.78. The minimum absolute atomic E-state index is 0.238. The van der Waals surface area contributed by atoms with E-state index < -0.39 is 17.9 Å². The molecule has 4 nitrogen and oxygen atoms in total. The van der Waals surface area contributed by atoms with Gasteiger partial charge in [-0.3, -0.25) is 4.79 Å². The number of carbonyl (C=O) groups is 2. The number of aliphatic carboxylic acids is 1. The SMILES string of the molecule is C=CC(CC=COC(=O)C(=C)C)C(=O)O. The molecule has 0 fully saturated rings. The third kappa shape index (κ3) is 5.46. The molecule has 0 aliphatic heterocycles. The van der Waals surface area contributed by atoms with Gasteiger partial charge in [0.2, 0.25) is 0 Å². The quantitative estimate of drug-likeness (QED) is 0.315. The lowest BCUT2D eigenvalue weighted by Gasteiger charge is -2.01. The second-order valence-electron chi connectivity index (χ2n) is 2.97. The normalized spacial score (nSPS) is 12.1. The van der Waals surface area contributed by atoms with Crippen molar-refractivity contribution in [3.05, 3.63) is 37.1 Å². The lowest BCUT2D eigenvalue weighted by molar-refractivity contribution is -0.139. The minimum atomic E-state index is -0.958. The third-order valence-corrected chi connectivity index (χ3v) is 1.61. The van der Waals surface area contributed by atoms with Gasteiger partial charge in [-0.2, -0.15) is 0 Å². The van der Waals surface area contributed by atoms with E-state index in [2.05, 4.69) is 17.9 Å². The summed E-state index contributed by atoms with van der Waals surface area (Å²) in [4.78, 5) is 21.4. The summed E-state index contributed by atoms with van der Waals surface area (Å²) in [7, 11) is 0. The van der Waals surface area contributed by atoms with Gasteiger partial charge < -0.3 is 9.84 Å². The molecule has 0 aliphatic carbocycles. The van der Waals surface area contributed by atoms with Crippen molar-refractivity contribution >= 4 is 11.9 Å². The van der Waals surface area contributed by atoms with Crippen molar-refractivity contribution in [2.75, 3.05) is 0 Å². The fraction of sp³-hybridized carbons (Fsp3) is 0.273. The number of hydrogen-bond donors (Lipinski definition) is 1. The molecule has 1 unspecified atom stereocenters. The van der Waals surface area contributed by atoms with Crippen molar-refractivity contribution in [3.8, 4) is 0 Å². The van der Waals surface area contributed by atoms with E-state index in [4.69, 9.17) is 5.11 Å². The first-order chi connectivity index (χ1) is 6.99. The van der Waals surface area contributed by atoms with E-state index in [0.29, 0.717) is 0 Å². The number of carbonyl (C=O) groups excluding carboxylic acids is 1. The molecule has 1 N–H and O–H groups in total. The van der Waals surface area contributed by atoms with E-state index in [9.17, 15) is 9.59 Å². The fourth-order valence-electron chi connectivity index (χ4n) is 0.711. The van der Waals surface area contributed by atoms with Crippen molar-refractivity contribution in [2.45, 2.75) is 13.3 Å². The maximum absolute atomic E-state index is 10.9. The Morgan fingerprint density at radius 1 is 1.53 bits per heavy atom. The lowest BCUT2D eigenvalue weighted by Crippen LogP contribution is -2.09. The van der Waals surface area contributed by atoms with Gasteiger partial charge in [0.15, 0.2) is 0 Å².